The summed E-state index contributed by atoms with van der Waals surface area (Å²) in [6, 6.07) is 24.1. The molecule has 0 amide bonds. The van der Waals surface area contributed by atoms with Gasteiger partial charge >= 0.3 is 23.7 Å². The first kappa shape index (κ1) is 31.0. The van der Waals surface area contributed by atoms with Crippen molar-refractivity contribution in [2.75, 3.05) is 0 Å². The van der Waals surface area contributed by atoms with E-state index >= 15 is 0 Å². The van der Waals surface area contributed by atoms with Crippen LogP contribution in [0.3, 0.4) is 0 Å². The molecule has 0 fully saturated rings. The number of aromatic nitrogens is 8. The Morgan fingerprint density at radius 1 is 0.340 bits per heavy atom. The predicted molar refractivity (Wildman–Crippen MR) is 190 cm³/mol. The van der Waals surface area contributed by atoms with Crippen LogP contribution in [0.25, 0.3) is 90.9 Å². The number of hydrogen-bond donors (Lipinski definition) is 0. The van der Waals surface area contributed by atoms with E-state index in [1.807, 2.05) is 48.5 Å². The van der Waals surface area contributed by atoms with E-state index < -0.39 is 0 Å². The Labute approximate surface area is 298 Å². The molecule has 2 aliphatic rings. The number of pyridine rings is 4. The van der Waals surface area contributed by atoms with Gasteiger partial charge in [-0.25, -0.2) is 9.97 Å². The standard InChI is InChI=1S/C40H24N8.O.Ti/c1-2-30-38(26-11-19-42-20-12-26)32-5-6-34(47-32)40(28-15-23-44-24-16-28)36-8-7-35(48-36)39(27-13-21-43-22-14-27)33-4-3-31(46-33)37(29(1)45-30)25-9-17-41-18-10-25;;/h1-24H;;/q-2;;+2. The fourth-order valence-electron chi connectivity index (χ4n) is 6.34. The number of nitrogens with zero attached hydrogens (tertiary/aromatic N) is 8. The molecule has 0 aromatic carbocycles. The Kier molecular flexibility index (Phi) is 8.48. The van der Waals surface area contributed by atoms with Gasteiger partial charge in [0.05, 0.1) is 22.8 Å². The number of hydrogen-bond acceptors (Lipinski definition) is 7. The Balaban J connectivity index is 0.00000177. The molecule has 0 saturated heterocycles. The average Bonchev–Trinajstić information content (AvgIpc) is 4.02. The van der Waals surface area contributed by atoms with Gasteiger partial charge < -0.3 is 9.97 Å². The van der Waals surface area contributed by atoms with Crippen LogP contribution in [0.2, 0.25) is 0 Å². The van der Waals surface area contributed by atoms with E-state index in [0.717, 1.165) is 110 Å². The van der Waals surface area contributed by atoms with Crippen molar-refractivity contribution < 1.29 is 23.7 Å². The maximum absolute atomic E-state index is 8.25. The molecule has 0 saturated carbocycles. The van der Waals surface area contributed by atoms with Gasteiger partial charge in [-0.15, -0.1) is 22.1 Å². The van der Waals surface area contributed by atoms with Gasteiger partial charge in [0.15, 0.2) is 0 Å². The molecule has 9 heterocycles. The molecular formula is C40H24N8OTi. The molecule has 8 bridgehead atoms. The van der Waals surface area contributed by atoms with Crippen LogP contribution < -0.4 is 9.97 Å². The van der Waals surface area contributed by atoms with E-state index in [-0.39, 0.29) is 0 Å². The Morgan fingerprint density at radius 3 is 0.780 bits per heavy atom. The SMILES string of the molecule is C1=Cc2nc1c(-c1ccncc1)c1ccc([n-]1)c(-c1ccncc1)c1nc(c(-c3ccncc3)c3ccc([n-]3)c2-c2ccncc2)C=C1.[O]=[Ti+2]. The summed E-state index contributed by atoms with van der Waals surface area (Å²) in [5, 5.41) is 0. The summed E-state index contributed by atoms with van der Waals surface area (Å²) in [6.07, 6.45) is 22.5. The summed E-state index contributed by atoms with van der Waals surface area (Å²) in [4.78, 5) is 38.1. The van der Waals surface area contributed by atoms with Crippen molar-refractivity contribution in [3.63, 3.8) is 0 Å². The van der Waals surface area contributed by atoms with Crippen molar-refractivity contribution in [2.45, 2.75) is 0 Å². The van der Waals surface area contributed by atoms with Gasteiger partial charge in [0.2, 0.25) is 0 Å². The van der Waals surface area contributed by atoms with Crippen LogP contribution in [0.1, 0.15) is 22.8 Å². The van der Waals surface area contributed by atoms with E-state index in [2.05, 4.69) is 68.5 Å². The van der Waals surface area contributed by atoms with E-state index in [9.17, 15) is 0 Å². The first-order valence-corrected chi connectivity index (χ1v) is 16.3. The van der Waals surface area contributed by atoms with Gasteiger partial charge in [0, 0.05) is 49.6 Å². The van der Waals surface area contributed by atoms with Gasteiger partial charge in [-0.1, -0.05) is 24.3 Å². The molecule has 0 N–H and O–H groups in total. The van der Waals surface area contributed by atoms with Crippen LogP contribution in [0.15, 0.2) is 122 Å². The van der Waals surface area contributed by atoms with E-state index in [1.54, 1.807) is 49.6 Å². The maximum atomic E-state index is 8.25. The van der Waals surface area contributed by atoms with Crippen LogP contribution in [0, 0.1) is 0 Å². The molecule has 0 radical (unpaired) electrons. The second-order valence-electron chi connectivity index (χ2n) is 11.3. The number of rotatable bonds is 4. The topological polar surface area (TPSA) is 123 Å². The van der Waals surface area contributed by atoms with Crippen LogP contribution in [0.5, 0.6) is 0 Å². The van der Waals surface area contributed by atoms with Crippen molar-refractivity contribution in [1.82, 2.24) is 39.9 Å². The van der Waals surface area contributed by atoms with Crippen LogP contribution in [0.4, 0.5) is 0 Å². The van der Waals surface area contributed by atoms with Crippen LogP contribution in [-0.4, -0.2) is 29.9 Å². The molecule has 0 aliphatic carbocycles. The molecule has 0 unspecified atom stereocenters. The first-order valence-electron chi connectivity index (χ1n) is 15.7. The molecule has 10 heteroatoms. The van der Waals surface area contributed by atoms with Gasteiger partial charge in [-0.2, -0.15) is 0 Å². The fraction of sp³-hybridized carbons (Fsp3) is 0. The van der Waals surface area contributed by atoms with Crippen LogP contribution >= 0.6 is 0 Å². The zero-order valence-corrected chi connectivity index (χ0v) is 27.9. The Bertz CT molecular complexity index is 2220. The molecule has 0 atom stereocenters. The van der Waals surface area contributed by atoms with Crippen LogP contribution in [-0.2, 0) is 23.7 Å². The predicted octanol–water partition coefficient (Wildman–Crippen LogP) is 8.04. The summed E-state index contributed by atoms with van der Waals surface area (Å²) in [7, 11) is 0. The summed E-state index contributed by atoms with van der Waals surface area (Å²) >= 11 is 0.750. The average molecular weight is 681 g/mol. The van der Waals surface area contributed by atoms with Crippen molar-refractivity contribution in [3.8, 4) is 44.5 Å². The fourth-order valence-corrected chi connectivity index (χ4v) is 6.34. The van der Waals surface area contributed by atoms with Gasteiger partial charge in [-0.3, -0.25) is 19.9 Å². The molecule has 9 rings (SSSR count). The van der Waals surface area contributed by atoms with Crippen molar-refractivity contribution in [2.24, 2.45) is 0 Å². The van der Waals surface area contributed by atoms with Crippen molar-refractivity contribution in [1.29, 1.82) is 0 Å². The molecule has 9 nitrogen and oxygen atoms in total. The third kappa shape index (κ3) is 5.74. The minimum atomic E-state index is 0.750. The summed E-state index contributed by atoms with van der Waals surface area (Å²) < 4.78 is 8.25. The molecule has 50 heavy (non-hydrogen) atoms. The minimum absolute atomic E-state index is 0.750. The summed E-state index contributed by atoms with van der Waals surface area (Å²) in [5.41, 5.74) is 13.9. The van der Waals surface area contributed by atoms with Gasteiger partial charge in [0.1, 0.15) is 0 Å². The second-order valence-corrected chi connectivity index (χ2v) is 11.3. The molecular weight excluding hydrogens is 656 g/mol. The summed E-state index contributed by atoms with van der Waals surface area (Å²) in [6.45, 7) is 0. The van der Waals surface area contributed by atoms with Gasteiger partial charge in [-0.05, 0) is 117 Å². The molecule has 2 aliphatic heterocycles. The van der Waals surface area contributed by atoms with E-state index in [4.69, 9.17) is 23.3 Å². The summed E-state index contributed by atoms with van der Waals surface area (Å²) in [5.74, 6) is 0. The van der Waals surface area contributed by atoms with Crippen molar-refractivity contribution in [3.05, 3.63) is 145 Å². The normalized spacial score (nSPS) is 11.6. The zero-order chi connectivity index (χ0) is 33.9. The number of fused-ring (bicyclic) bond motifs is 8. The molecule has 234 valence electrons. The Hall–Kier alpha value is -6.29. The van der Waals surface area contributed by atoms with Gasteiger partial charge in [0.25, 0.3) is 0 Å². The molecule has 7 aromatic heterocycles. The monoisotopic (exact) mass is 680 g/mol. The second kappa shape index (κ2) is 13.7. The quantitative estimate of drug-likeness (QED) is 0.170. The van der Waals surface area contributed by atoms with E-state index in [1.165, 1.54) is 0 Å². The molecule has 7 aromatic rings. The third-order valence-electron chi connectivity index (χ3n) is 8.49. The molecule has 0 spiro atoms. The first-order chi connectivity index (χ1) is 24.8. The zero-order valence-electron chi connectivity index (χ0n) is 26.3. The van der Waals surface area contributed by atoms with E-state index in [0.29, 0.717) is 0 Å². The Morgan fingerprint density at radius 2 is 0.560 bits per heavy atom. The third-order valence-corrected chi connectivity index (χ3v) is 8.49. The van der Waals surface area contributed by atoms with Crippen molar-refractivity contribution >= 4 is 46.4 Å².